The third kappa shape index (κ3) is 5.65. The molecule has 0 aliphatic rings. The Morgan fingerprint density at radius 2 is 2.11 bits per heavy atom. The van der Waals surface area contributed by atoms with Crippen molar-refractivity contribution >= 4 is 5.97 Å². The molecule has 0 bridgehead atoms. The van der Waals surface area contributed by atoms with E-state index in [0.717, 1.165) is 18.7 Å². The molecule has 0 heterocycles. The predicted molar refractivity (Wildman–Crippen MR) is 69.8 cm³/mol. The second-order valence-corrected chi connectivity index (χ2v) is 4.27. The number of nitrogens with zero attached hydrogens (tertiary/aromatic N) is 1. The molecule has 1 rings (SSSR count). The van der Waals surface area contributed by atoms with Crippen LogP contribution in [0.15, 0.2) is 24.3 Å². The lowest BCUT2D eigenvalue weighted by Crippen LogP contribution is -2.26. The van der Waals surface area contributed by atoms with Crippen LogP contribution in [0.1, 0.15) is 5.56 Å². The lowest BCUT2D eigenvalue weighted by atomic mass is 10.2. The molecule has 0 aliphatic heterocycles. The van der Waals surface area contributed by atoms with Crippen molar-refractivity contribution in [2.24, 2.45) is 0 Å². The van der Waals surface area contributed by atoms with Crippen molar-refractivity contribution in [2.45, 2.75) is 6.54 Å². The third-order valence-corrected chi connectivity index (χ3v) is 2.38. The summed E-state index contributed by atoms with van der Waals surface area (Å²) in [4.78, 5) is 12.6. The van der Waals surface area contributed by atoms with Gasteiger partial charge in [-0.05, 0) is 20.2 Å². The number of hydrogen-bond acceptors (Lipinski definition) is 4. The molecule has 2 N–H and O–H groups in total. The highest BCUT2D eigenvalue weighted by Crippen LogP contribution is 2.17. The molecule has 0 saturated carbocycles. The molecule has 0 atom stereocenters. The van der Waals surface area contributed by atoms with Gasteiger partial charge in [-0.3, -0.25) is 0 Å². The van der Waals surface area contributed by atoms with Gasteiger partial charge in [0.1, 0.15) is 5.75 Å². The molecule has 0 aromatic heterocycles. The summed E-state index contributed by atoms with van der Waals surface area (Å²) in [5.41, 5.74) is 0.970. The number of para-hydroxylation sites is 1. The van der Waals surface area contributed by atoms with Crippen LogP contribution in [0.2, 0.25) is 0 Å². The fourth-order valence-corrected chi connectivity index (χ4v) is 1.46. The molecule has 1 aromatic carbocycles. The Hall–Kier alpha value is -1.59. The molecule has 0 unspecified atom stereocenters. The number of rotatable bonds is 8. The van der Waals surface area contributed by atoms with Crippen molar-refractivity contribution in [1.82, 2.24) is 10.2 Å². The molecule has 5 nitrogen and oxygen atoms in total. The number of ether oxygens (including phenoxy) is 1. The maximum atomic E-state index is 10.5. The van der Waals surface area contributed by atoms with Crippen LogP contribution in [0.3, 0.4) is 0 Å². The normalized spacial score (nSPS) is 10.6. The van der Waals surface area contributed by atoms with Gasteiger partial charge < -0.3 is 20.1 Å². The van der Waals surface area contributed by atoms with Gasteiger partial charge in [0.05, 0.1) is 0 Å². The van der Waals surface area contributed by atoms with Gasteiger partial charge in [-0.15, -0.1) is 0 Å². The zero-order chi connectivity index (χ0) is 13.4. The van der Waals surface area contributed by atoms with Crippen LogP contribution in [0.25, 0.3) is 0 Å². The van der Waals surface area contributed by atoms with Crippen LogP contribution >= 0.6 is 0 Å². The number of hydrogen-bond donors (Lipinski definition) is 2. The number of likely N-dealkylation sites (N-methyl/N-ethyl adjacent to an activating group) is 1. The van der Waals surface area contributed by atoms with E-state index in [9.17, 15) is 4.79 Å². The Bertz CT molecular complexity index is 380. The second-order valence-electron chi connectivity index (χ2n) is 4.27. The molecule has 0 fully saturated rings. The van der Waals surface area contributed by atoms with Gasteiger partial charge in [0.15, 0.2) is 6.61 Å². The summed E-state index contributed by atoms with van der Waals surface area (Å²) in [7, 11) is 4.04. The molecule has 1 aromatic rings. The molecule has 0 aliphatic carbocycles. The molecular weight excluding hydrogens is 232 g/mol. The van der Waals surface area contributed by atoms with E-state index in [1.165, 1.54) is 0 Å². The topological polar surface area (TPSA) is 61.8 Å². The maximum Gasteiger partial charge on any atom is 0.341 e. The summed E-state index contributed by atoms with van der Waals surface area (Å²) >= 11 is 0. The summed E-state index contributed by atoms with van der Waals surface area (Å²) in [5.74, 6) is -0.345. The summed E-state index contributed by atoms with van der Waals surface area (Å²) in [6.45, 7) is 2.19. The van der Waals surface area contributed by atoms with Crippen molar-refractivity contribution in [2.75, 3.05) is 33.8 Å². The summed E-state index contributed by atoms with van der Waals surface area (Å²) in [6.07, 6.45) is 0. The van der Waals surface area contributed by atoms with E-state index in [4.69, 9.17) is 9.84 Å². The summed E-state index contributed by atoms with van der Waals surface area (Å²) in [6, 6.07) is 7.46. The van der Waals surface area contributed by atoms with E-state index in [1.807, 2.05) is 32.3 Å². The monoisotopic (exact) mass is 252 g/mol. The predicted octanol–water partition coefficient (Wildman–Crippen LogP) is 0.801. The number of benzene rings is 1. The first-order chi connectivity index (χ1) is 8.59. The van der Waals surface area contributed by atoms with Gasteiger partial charge >= 0.3 is 5.97 Å². The largest absolute Gasteiger partial charge is 0.482 e. The SMILES string of the molecule is CN(C)CCNCc1ccccc1OCC(=O)O. The van der Waals surface area contributed by atoms with Crippen molar-refractivity contribution < 1.29 is 14.6 Å². The van der Waals surface area contributed by atoms with Crippen LogP contribution in [-0.2, 0) is 11.3 Å². The summed E-state index contributed by atoms with van der Waals surface area (Å²) < 4.78 is 5.23. The van der Waals surface area contributed by atoms with E-state index < -0.39 is 5.97 Å². The Morgan fingerprint density at radius 1 is 1.39 bits per heavy atom. The average molecular weight is 252 g/mol. The van der Waals surface area contributed by atoms with Gasteiger partial charge in [-0.1, -0.05) is 18.2 Å². The molecule has 0 amide bonds. The number of nitrogens with one attached hydrogen (secondary N) is 1. The highest BCUT2D eigenvalue weighted by atomic mass is 16.5. The number of carbonyl (C=O) groups is 1. The standard InChI is InChI=1S/C13H20N2O3/c1-15(2)8-7-14-9-11-5-3-4-6-12(11)18-10-13(16)17/h3-6,14H,7-10H2,1-2H3,(H,16,17). The fourth-order valence-electron chi connectivity index (χ4n) is 1.46. The zero-order valence-corrected chi connectivity index (χ0v) is 10.8. The first-order valence-electron chi connectivity index (χ1n) is 5.87. The third-order valence-electron chi connectivity index (χ3n) is 2.38. The Balaban J connectivity index is 2.45. The molecule has 0 radical (unpaired) electrons. The van der Waals surface area contributed by atoms with Crippen molar-refractivity contribution in [3.05, 3.63) is 29.8 Å². The highest BCUT2D eigenvalue weighted by Gasteiger charge is 2.04. The number of carboxylic acid groups (broad SMARTS) is 1. The van der Waals surface area contributed by atoms with Gasteiger partial charge in [-0.2, -0.15) is 0 Å². The first-order valence-corrected chi connectivity index (χ1v) is 5.87. The molecular formula is C13H20N2O3. The molecule has 0 spiro atoms. The quantitative estimate of drug-likeness (QED) is 0.670. The number of aliphatic carboxylic acids is 1. The van der Waals surface area contributed by atoms with Crippen molar-refractivity contribution in [1.29, 1.82) is 0 Å². The van der Waals surface area contributed by atoms with Crippen LogP contribution in [0, 0.1) is 0 Å². The molecule has 18 heavy (non-hydrogen) atoms. The molecule has 0 saturated heterocycles. The van der Waals surface area contributed by atoms with E-state index >= 15 is 0 Å². The van der Waals surface area contributed by atoms with Crippen LogP contribution in [0.5, 0.6) is 5.75 Å². The second kappa shape index (κ2) is 7.68. The number of carboxylic acids is 1. The first kappa shape index (κ1) is 14.5. The Labute approximate surface area is 107 Å². The Morgan fingerprint density at radius 3 is 2.78 bits per heavy atom. The van der Waals surface area contributed by atoms with Crippen LogP contribution < -0.4 is 10.1 Å². The molecule has 5 heteroatoms. The van der Waals surface area contributed by atoms with E-state index in [1.54, 1.807) is 6.07 Å². The minimum Gasteiger partial charge on any atom is -0.482 e. The average Bonchev–Trinajstić information content (AvgIpc) is 2.33. The zero-order valence-electron chi connectivity index (χ0n) is 10.8. The van der Waals surface area contributed by atoms with Crippen molar-refractivity contribution in [3.63, 3.8) is 0 Å². The van der Waals surface area contributed by atoms with Gasteiger partial charge in [0.2, 0.25) is 0 Å². The smallest absolute Gasteiger partial charge is 0.341 e. The van der Waals surface area contributed by atoms with Crippen molar-refractivity contribution in [3.8, 4) is 5.75 Å². The Kier molecular flexibility index (Phi) is 6.18. The maximum absolute atomic E-state index is 10.5. The minimum absolute atomic E-state index is 0.311. The fraction of sp³-hybridized carbons (Fsp3) is 0.462. The highest BCUT2D eigenvalue weighted by molar-refractivity contribution is 5.68. The lowest BCUT2D eigenvalue weighted by Gasteiger charge is -2.12. The van der Waals surface area contributed by atoms with Gasteiger partial charge in [0, 0.05) is 25.2 Å². The van der Waals surface area contributed by atoms with E-state index in [-0.39, 0.29) is 6.61 Å². The van der Waals surface area contributed by atoms with E-state index in [0.29, 0.717) is 12.3 Å². The summed E-state index contributed by atoms with van der Waals surface area (Å²) in [5, 5.41) is 11.9. The molecule has 100 valence electrons. The minimum atomic E-state index is -0.967. The van der Waals surface area contributed by atoms with Crippen LogP contribution in [0.4, 0.5) is 0 Å². The van der Waals surface area contributed by atoms with E-state index in [2.05, 4.69) is 10.2 Å². The van der Waals surface area contributed by atoms with Gasteiger partial charge in [-0.25, -0.2) is 4.79 Å². The van der Waals surface area contributed by atoms with Crippen LogP contribution in [-0.4, -0.2) is 49.8 Å². The lowest BCUT2D eigenvalue weighted by molar-refractivity contribution is -0.139. The van der Waals surface area contributed by atoms with Gasteiger partial charge in [0.25, 0.3) is 0 Å².